The maximum absolute atomic E-state index is 11.9. The quantitative estimate of drug-likeness (QED) is 0.857. The number of amides is 1. The van der Waals surface area contributed by atoms with Crippen LogP contribution in [0.2, 0.25) is 0 Å². The number of nitrogens with zero attached hydrogens (tertiary/aromatic N) is 2. The summed E-state index contributed by atoms with van der Waals surface area (Å²) in [5.41, 5.74) is 1.78. The first-order valence-electron chi connectivity index (χ1n) is 6.19. The van der Waals surface area contributed by atoms with Crippen LogP contribution >= 0.6 is 0 Å². The molecule has 0 unspecified atom stereocenters. The van der Waals surface area contributed by atoms with Gasteiger partial charge >= 0.3 is 0 Å². The number of ether oxygens (including phenoxy) is 1. The normalized spacial score (nSPS) is 16.6. The largest absolute Gasteiger partial charge is 0.497 e. The van der Waals surface area contributed by atoms with Gasteiger partial charge in [0.25, 0.3) is 0 Å². The first kappa shape index (κ1) is 12.8. The van der Waals surface area contributed by atoms with E-state index in [1.165, 1.54) is 0 Å². The third-order valence-corrected chi connectivity index (χ3v) is 2.98. The van der Waals surface area contributed by atoms with Crippen LogP contribution in [0.1, 0.15) is 17.8 Å². The molecule has 0 aromatic carbocycles. The van der Waals surface area contributed by atoms with Crippen molar-refractivity contribution in [2.75, 3.05) is 26.7 Å². The van der Waals surface area contributed by atoms with Crippen LogP contribution in [0.15, 0.2) is 12.1 Å². The minimum absolute atomic E-state index is 0.134. The minimum Gasteiger partial charge on any atom is -0.497 e. The van der Waals surface area contributed by atoms with Crippen LogP contribution in [0.25, 0.3) is 0 Å². The molecule has 1 N–H and O–H groups in total. The lowest BCUT2D eigenvalue weighted by atomic mass is 10.2. The fraction of sp³-hybridized carbons (Fsp3) is 0.538. The fourth-order valence-corrected chi connectivity index (χ4v) is 2.09. The summed E-state index contributed by atoms with van der Waals surface area (Å²) in [5.74, 6) is 0.924. The van der Waals surface area contributed by atoms with Gasteiger partial charge in [0.15, 0.2) is 0 Å². The van der Waals surface area contributed by atoms with Crippen molar-refractivity contribution in [3.05, 3.63) is 23.5 Å². The van der Waals surface area contributed by atoms with Crippen molar-refractivity contribution in [1.29, 1.82) is 0 Å². The van der Waals surface area contributed by atoms with Crippen molar-refractivity contribution < 1.29 is 9.53 Å². The zero-order valence-corrected chi connectivity index (χ0v) is 10.9. The summed E-state index contributed by atoms with van der Waals surface area (Å²) < 4.78 is 5.22. The molecule has 98 valence electrons. The molecule has 0 spiro atoms. The van der Waals surface area contributed by atoms with E-state index in [0.29, 0.717) is 13.1 Å². The van der Waals surface area contributed by atoms with E-state index in [-0.39, 0.29) is 5.91 Å². The number of aromatic nitrogens is 1. The van der Waals surface area contributed by atoms with Gasteiger partial charge in [-0.1, -0.05) is 0 Å². The van der Waals surface area contributed by atoms with Gasteiger partial charge in [-0.2, -0.15) is 0 Å². The van der Waals surface area contributed by atoms with E-state index in [2.05, 4.69) is 10.3 Å². The summed E-state index contributed by atoms with van der Waals surface area (Å²) in [7, 11) is 1.64. The molecule has 0 aliphatic carbocycles. The average Bonchev–Trinajstić information content (AvgIpc) is 2.54. The molecular weight excluding hydrogens is 230 g/mol. The number of carbonyl (C=O) groups is 1. The number of rotatable bonds is 3. The van der Waals surface area contributed by atoms with E-state index in [4.69, 9.17) is 4.74 Å². The fourth-order valence-electron chi connectivity index (χ4n) is 2.09. The van der Waals surface area contributed by atoms with Crippen LogP contribution in [0.3, 0.4) is 0 Å². The van der Waals surface area contributed by atoms with Crippen LogP contribution in [-0.4, -0.2) is 42.5 Å². The Morgan fingerprint density at radius 2 is 2.33 bits per heavy atom. The molecule has 2 heterocycles. The molecule has 5 heteroatoms. The zero-order chi connectivity index (χ0) is 13.0. The molecule has 1 aliphatic rings. The second kappa shape index (κ2) is 5.82. The first-order chi connectivity index (χ1) is 8.69. The average molecular weight is 249 g/mol. The van der Waals surface area contributed by atoms with Gasteiger partial charge in [0.1, 0.15) is 5.75 Å². The van der Waals surface area contributed by atoms with Gasteiger partial charge in [0.2, 0.25) is 5.91 Å². The topological polar surface area (TPSA) is 54.5 Å². The van der Waals surface area contributed by atoms with Gasteiger partial charge < -0.3 is 15.0 Å². The standard InChI is InChI=1S/C13H19N3O2/c1-10-6-12(18-2)7-11(15-10)9-16-5-3-4-14-8-13(16)17/h6-7,14H,3-5,8-9H2,1-2H3. The van der Waals surface area contributed by atoms with E-state index >= 15 is 0 Å². The predicted molar refractivity (Wildman–Crippen MR) is 68.4 cm³/mol. The van der Waals surface area contributed by atoms with Crippen molar-refractivity contribution in [2.45, 2.75) is 19.9 Å². The zero-order valence-electron chi connectivity index (χ0n) is 10.9. The Labute approximate surface area is 107 Å². The van der Waals surface area contributed by atoms with Crippen LogP contribution in [0.5, 0.6) is 5.75 Å². The molecule has 0 atom stereocenters. The van der Waals surface area contributed by atoms with Gasteiger partial charge in [-0.15, -0.1) is 0 Å². The van der Waals surface area contributed by atoms with Gasteiger partial charge in [-0.05, 0) is 19.9 Å². The van der Waals surface area contributed by atoms with Crippen LogP contribution in [0.4, 0.5) is 0 Å². The third kappa shape index (κ3) is 3.20. The maximum Gasteiger partial charge on any atom is 0.236 e. The Bertz CT molecular complexity index is 434. The summed E-state index contributed by atoms with van der Waals surface area (Å²) in [6.45, 7) is 4.58. The first-order valence-corrected chi connectivity index (χ1v) is 6.19. The number of aryl methyl sites for hydroxylation is 1. The van der Waals surface area contributed by atoms with E-state index in [1.807, 2.05) is 24.0 Å². The van der Waals surface area contributed by atoms with Gasteiger partial charge in [-0.3, -0.25) is 9.78 Å². The molecule has 1 aliphatic heterocycles. The van der Waals surface area contributed by atoms with E-state index < -0.39 is 0 Å². The smallest absolute Gasteiger partial charge is 0.236 e. The molecule has 5 nitrogen and oxygen atoms in total. The number of nitrogens with one attached hydrogen (secondary N) is 1. The Hall–Kier alpha value is -1.62. The third-order valence-electron chi connectivity index (χ3n) is 2.98. The van der Waals surface area contributed by atoms with E-state index in [0.717, 1.165) is 36.6 Å². The van der Waals surface area contributed by atoms with Crippen molar-refractivity contribution in [2.24, 2.45) is 0 Å². The highest BCUT2D eigenvalue weighted by molar-refractivity contribution is 5.78. The van der Waals surface area contributed by atoms with Gasteiger partial charge in [0.05, 0.1) is 25.9 Å². The van der Waals surface area contributed by atoms with Gasteiger partial charge in [-0.25, -0.2) is 0 Å². The number of pyridine rings is 1. The molecule has 1 aromatic heterocycles. The Morgan fingerprint density at radius 1 is 1.50 bits per heavy atom. The lowest BCUT2D eigenvalue weighted by Crippen LogP contribution is -2.34. The number of hydrogen-bond donors (Lipinski definition) is 1. The van der Waals surface area contributed by atoms with Crippen molar-refractivity contribution in [1.82, 2.24) is 15.2 Å². The second-order valence-electron chi connectivity index (χ2n) is 4.49. The highest BCUT2D eigenvalue weighted by Crippen LogP contribution is 2.15. The highest BCUT2D eigenvalue weighted by atomic mass is 16.5. The molecular formula is C13H19N3O2. The van der Waals surface area contributed by atoms with E-state index in [9.17, 15) is 4.79 Å². The lowest BCUT2D eigenvalue weighted by Gasteiger charge is -2.20. The Morgan fingerprint density at radius 3 is 3.11 bits per heavy atom. The van der Waals surface area contributed by atoms with Crippen molar-refractivity contribution in [3.8, 4) is 5.75 Å². The van der Waals surface area contributed by atoms with Crippen molar-refractivity contribution >= 4 is 5.91 Å². The van der Waals surface area contributed by atoms with Crippen LogP contribution in [0, 0.1) is 6.92 Å². The number of carbonyl (C=O) groups excluding carboxylic acids is 1. The summed E-state index contributed by atoms with van der Waals surface area (Å²) in [4.78, 5) is 18.2. The van der Waals surface area contributed by atoms with Crippen molar-refractivity contribution in [3.63, 3.8) is 0 Å². The summed E-state index contributed by atoms with van der Waals surface area (Å²) in [6, 6.07) is 3.77. The Balaban J connectivity index is 2.12. The molecule has 1 fully saturated rings. The number of hydrogen-bond acceptors (Lipinski definition) is 4. The summed E-state index contributed by atoms with van der Waals surface area (Å²) in [5, 5.41) is 3.11. The molecule has 1 aromatic rings. The minimum atomic E-state index is 0.134. The highest BCUT2D eigenvalue weighted by Gasteiger charge is 2.17. The maximum atomic E-state index is 11.9. The van der Waals surface area contributed by atoms with Crippen LogP contribution in [-0.2, 0) is 11.3 Å². The van der Waals surface area contributed by atoms with Crippen LogP contribution < -0.4 is 10.1 Å². The molecule has 0 bridgehead atoms. The Kier molecular flexibility index (Phi) is 4.15. The SMILES string of the molecule is COc1cc(C)nc(CN2CCCNCC2=O)c1. The molecule has 18 heavy (non-hydrogen) atoms. The molecule has 2 rings (SSSR count). The van der Waals surface area contributed by atoms with Gasteiger partial charge in [0, 0.05) is 24.4 Å². The summed E-state index contributed by atoms with van der Waals surface area (Å²) >= 11 is 0. The molecule has 1 amide bonds. The predicted octanol–water partition coefficient (Wildman–Crippen LogP) is 0.721. The summed E-state index contributed by atoms with van der Waals surface area (Å²) in [6.07, 6.45) is 0.981. The molecule has 1 saturated heterocycles. The lowest BCUT2D eigenvalue weighted by molar-refractivity contribution is -0.130. The monoisotopic (exact) mass is 249 g/mol. The molecule has 0 saturated carbocycles. The molecule has 0 radical (unpaired) electrons. The van der Waals surface area contributed by atoms with E-state index in [1.54, 1.807) is 7.11 Å². The number of methoxy groups -OCH3 is 1. The second-order valence-corrected chi connectivity index (χ2v) is 4.49.